The van der Waals surface area contributed by atoms with Crippen LogP contribution in [0.4, 0.5) is 5.82 Å². The molecule has 0 spiro atoms. The molecule has 2 aromatic heterocycles. The van der Waals surface area contributed by atoms with Crippen molar-refractivity contribution in [3.8, 4) is 0 Å². The largest absolute Gasteiger partial charge is 0.462 e. The van der Waals surface area contributed by atoms with Crippen molar-refractivity contribution in [3.63, 3.8) is 0 Å². The predicted molar refractivity (Wildman–Crippen MR) is 113 cm³/mol. The first kappa shape index (κ1) is 20.8. The summed E-state index contributed by atoms with van der Waals surface area (Å²) in [6.45, 7) is 3.63. The second-order valence-corrected chi connectivity index (χ2v) is 7.41. The molecule has 9 heteroatoms. The van der Waals surface area contributed by atoms with Gasteiger partial charge >= 0.3 is 11.9 Å². The second-order valence-electron chi connectivity index (χ2n) is 5.98. The number of thiophene rings is 1. The van der Waals surface area contributed by atoms with E-state index in [2.05, 4.69) is 9.97 Å². The van der Waals surface area contributed by atoms with E-state index in [0.29, 0.717) is 25.7 Å². The van der Waals surface area contributed by atoms with Gasteiger partial charge in [-0.3, -0.25) is 0 Å². The van der Waals surface area contributed by atoms with E-state index in [1.165, 1.54) is 17.4 Å². The third-order valence-corrected chi connectivity index (χ3v) is 5.33. The molecule has 150 valence electrons. The van der Waals surface area contributed by atoms with Gasteiger partial charge in [0.1, 0.15) is 15.5 Å². The molecule has 2 N–H and O–H groups in total. The van der Waals surface area contributed by atoms with E-state index >= 15 is 0 Å². The lowest BCUT2D eigenvalue weighted by Gasteiger charge is -2.04. The van der Waals surface area contributed by atoms with E-state index in [4.69, 9.17) is 26.8 Å². The zero-order valence-electron chi connectivity index (χ0n) is 15.8. The van der Waals surface area contributed by atoms with E-state index in [-0.39, 0.29) is 24.9 Å². The Morgan fingerprint density at radius 3 is 2.79 bits per heavy atom. The number of nitrogens with two attached hydrogens (primary N) is 1. The van der Waals surface area contributed by atoms with Crippen LogP contribution in [-0.2, 0) is 20.9 Å². The lowest BCUT2D eigenvalue weighted by atomic mass is 10.2. The topological polar surface area (TPSA) is 104 Å². The van der Waals surface area contributed by atoms with Crippen LogP contribution < -0.4 is 5.73 Å². The Morgan fingerprint density at radius 1 is 1.28 bits per heavy atom. The van der Waals surface area contributed by atoms with Crippen LogP contribution in [0.1, 0.15) is 33.5 Å². The Morgan fingerprint density at radius 2 is 2.07 bits per heavy atom. The van der Waals surface area contributed by atoms with Crippen molar-refractivity contribution >= 4 is 57.0 Å². The van der Waals surface area contributed by atoms with Gasteiger partial charge in [0.25, 0.3) is 0 Å². The van der Waals surface area contributed by atoms with Crippen LogP contribution in [-0.4, -0.2) is 28.5 Å². The molecule has 0 saturated carbocycles. The number of rotatable bonds is 6. The zero-order chi connectivity index (χ0) is 21.0. The molecule has 0 bridgehead atoms. The Hall–Kier alpha value is -2.97. The minimum absolute atomic E-state index is 0.148. The third-order valence-electron chi connectivity index (χ3n) is 3.93. The maximum Gasteiger partial charge on any atom is 0.348 e. The Labute approximate surface area is 176 Å². The predicted octanol–water partition coefficient (Wildman–Crippen LogP) is 4.17. The SMILES string of the molecule is CCOC(=O)c1sc2nc(COC(=O)/C=C/c3cccc(Cl)c3)nc(N)c2c1C. The van der Waals surface area contributed by atoms with Crippen molar-refractivity contribution < 1.29 is 19.1 Å². The number of carbonyl (C=O) groups is 2. The number of aromatic nitrogens is 2. The van der Waals surface area contributed by atoms with E-state index in [9.17, 15) is 9.59 Å². The molecule has 7 nitrogen and oxygen atoms in total. The van der Waals surface area contributed by atoms with E-state index in [1.807, 2.05) is 6.07 Å². The smallest absolute Gasteiger partial charge is 0.348 e. The molecule has 0 aliphatic rings. The van der Waals surface area contributed by atoms with Crippen LogP contribution in [0.25, 0.3) is 16.3 Å². The summed E-state index contributed by atoms with van der Waals surface area (Å²) in [7, 11) is 0. The number of aryl methyl sites for hydroxylation is 1. The molecule has 3 aromatic rings. The Kier molecular flexibility index (Phi) is 6.46. The number of hydrogen-bond donors (Lipinski definition) is 1. The molecule has 3 rings (SSSR count). The average molecular weight is 432 g/mol. The van der Waals surface area contributed by atoms with Gasteiger partial charge in [-0.25, -0.2) is 19.6 Å². The summed E-state index contributed by atoms with van der Waals surface area (Å²) in [5.74, 6) is -0.510. The highest BCUT2D eigenvalue weighted by Crippen LogP contribution is 2.33. The molecule has 29 heavy (non-hydrogen) atoms. The van der Waals surface area contributed by atoms with Gasteiger partial charge in [0.2, 0.25) is 0 Å². The number of benzene rings is 1. The Balaban J connectivity index is 1.73. The normalized spacial score (nSPS) is 11.1. The summed E-state index contributed by atoms with van der Waals surface area (Å²) in [4.78, 5) is 33.5. The zero-order valence-corrected chi connectivity index (χ0v) is 17.3. The fourth-order valence-corrected chi connectivity index (χ4v) is 3.93. The van der Waals surface area contributed by atoms with Gasteiger partial charge in [-0.15, -0.1) is 11.3 Å². The van der Waals surface area contributed by atoms with Gasteiger partial charge < -0.3 is 15.2 Å². The van der Waals surface area contributed by atoms with Gasteiger partial charge in [-0.05, 0) is 43.2 Å². The molecule has 0 unspecified atom stereocenters. The summed E-state index contributed by atoms with van der Waals surface area (Å²) in [6.07, 6.45) is 2.89. The molecule has 0 saturated heterocycles. The lowest BCUT2D eigenvalue weighted by molar-refractivity contribution is -0.139. The summed E-state index contributed by atoms with van der Waals surface area (Å²) < 4.78 is 10.2. The quantitative estimate of drug-likeness (QED) is 0.461. The number of carbonyl (C=O) groups excluding carboxylic acids is 2. The minimum atomic E-state index is -0.554. The van der Waals surface area contributed by atoms with Gasteiger partial charge in [-0.2, -0.15) is 0 Å². The summed E-state index contributed by atoms with van der Waals surface area (Å²) in [6, 6.07) is 7.07. The van der Waals surface area contributed by atoms with E-state index < -0.39 is 11.9 Å². The van der Waals surface area contributed by atoms with Crippen molar-refractivity contribution in [2.45, 2.75) is 20.5 Å². The maximum atomic E-state index is 12.1. The standard InChI is InChI=1S/C20H18ClN3O4S/c1-3-27-20(26)17-11(2)16-18(22)23-14(24-19(16)29-17)10-28-15(25)8-7-12-5-4-6-13(21)9-12/h4-9H,3,10H2,1-2H3,(H2,22,23,24)/b8-7+. The molecule has 0 aliphatic heterocycles. The van der Waals surface area contributed by atoms with Crippen molar-refractivity contribution in [3.05, 3.63) is 57.2 Å². The second kappa shape index (κ2) is 9.02. The van der Waals surface area contributed by atoms with E-state index in [0.717, 1.165) is 5.56 Å². The van der Waals surface area contributed by atoms with Crippen molar-refractivity contribution in [2.24, 2.45) is 0 Å². The van der Waals surface area contributed by atoms with Gasteiger partial charge in [0.05, 0.1) is 12.0 Å². The molecule has 2 heterocycles. The number of fused-ring (bicyclic) bond motifs is 1. The maximum absolute atomic E-state index is 12.1. The number of ether oxygens (including phenoxy) is 2. The molecular weight excluding hydrogens is 414 g/mol. The lowest BCUT2D eigenvalue weighted by Crippen LogP contribution is -2.06. The van der Waals surface area contributed by atoms with Crippen molar-refractivity contribution in [2.75, 3.05) is 12.3 Å². The molecule has 0 atom stereocenters. The van der Waals surface area contributed by atoms with Crippen molar-refractivity contribution in [1.29, 1.82) is 0 Å². The number of nitrogens with zero attached hydrogens (tertiary/aromatic N) is 2. The van der Waals surface area contributed by atoms with Crippen molar-refractivity contribution in [1.82, 2.24) is 9.97 Å². The van der Waals surface area contributed by atoms with E-state index in [1.54, 1.807) is 38.1 Å². The highest BCUT2D eigenvalue weighted by atomic mass is 35.5. The van der Waals surface area contributed by atoms with Gasteiger partial charge in [-0.1, -0.05) is 23.7 Å². The fourth-order valence-electron chi connectivity index (χ4n) is 2.63. The summed E-state index contributed by atoms with van der Waals surface area (Å²) >= 11 is 7.08. The summed E-state index contributed by atoms with van der Waals surface area (Å²) in [5, 5.41) is 1.18. The molecule has 0 aliphatic carbocycles. The Bertz CT molecular complexity index is 1110. The highest BCUT2D eigenvalue weighted by molar-refractivity contribution is 7.20. The molecule has 0 fully saturated rings. The average Bonchev–Trinajstić information content (AvgIpc) is 3.02. The summed E-state index contributed by atoms with van der Waals surface area (Å²) in [5.41, 5.74) is 7.49. The third kappa shape index (κ3) is 4.90. The highest BCUT2D eigenvalue weighted by Gasteiger charge is 2.20. The van der Waals surface area contributed by atoms with Crippen LogP contribution in [0, 0.1) is 6.92 Å². The molecular formula is C20H18ClN3O4S. The van der Waals surface area contributed by atoms with Gasteiger partial charge in [0, 0.05) is 11.1 Å². The monoisotopic (exact) mass is 431 g/mol. The van der Waals surface area contributed by atoms with Crippen LogP contribution in [0.15, 0.2) is 30.3 Å². The molecule has 1 aromatic carbocycles. The van der Waals surface area contributed by atoms with Gasteiger partial charge in [0.15, 0.2) is 12.4 Å². The molecule has 0 radical (unpaired) electrons. The van der Waals surface area contributed by atoms with Crippen LogP contribution in [0.5, 0.6) is 0 Å². The first-order valence-electron chi connectivity index (χ1n) is 8.72. The number of hydrogen-bond acceptors (Lipinski definition) is 8. The number of halogens is 1. The number of anilines is 1. The number of esters is 2. The van der Waals surface area contributed by atoms with Crippen LogP contribution in [0.3, 0.4) is 0 Å². The fraction of sp³-hybridized carbons (Fsp3) is 0.200. The van der Waals surface area contributed by atoms with Crippen LogP contribution in [0.2, 0.25) is 5.02 Å². The first-order chi connectivity index (χ1) is 13.9. The molecule has 0 amide bonds. The first-order valence-corrected chi connectivity index (χ1v) is 9.91. The van der Waals surface area contributed by atoms with Crippen LogP contribution >= 0.6 is 22.9 Å². The number of nitrogen functional groups attached to an aromatic ring is 1. The minimum Gasteiger partial charge on any atom is -0.462 e.